The first-order valence-corrected chi connectivity index (χ1v) is 23.9. The summed E-state index contributed by atoms with van der Waals surface area (Å²) >= 11 is 0. The average molecular weight is 984 g/mol. The number of piperazine rings is 1. The summed E-state index contributed by atoms with van der Waals surface area (Å²) in [6.07, 6.45) is 4.76. The van der Waals surface area contributed by atoms with E-state index in [1.807, 2.05) is 43.1 Å². The zero-order chi connectivity index (χ0) is 52.4. The fourth-order valence-corrected chi connectivity index (χ4v) is 9.93. The number of carbonyl (C=O) groups excluding carboxylic acids is 4. The molecule has 2 amide bonds. The second-order valence-corrected chi connectivity index (χ2v) is 19.5. The van der Waals surface area contributed by atoms with Crippen molar-refractivity contribution in [3.05, 3.63) is 82.7 Å². The van der Waals surface area contributed by atoms with Crippen molar-refractivity contribution in [3.63, 3.8) is 0 Å². The first kappa shape index (κ1) is 53.9. The van der Waals surface area contributed by atoms with Gasteiger partial charge in [-0.05, 0) is 51.5 Å². The van der Waals surface area contributed by atoms with Crippen LogP contribution in [-0.4, -0.2) is 128 Å². The van der Waals surface area contributed by atoms with Gasteiger partial charge in [-0.15, -0.1) is 0 Å². The number of aliphatic hydroxyl groups is 2. The van der Waals surface area contributed by atoms with Gasteiger partial charge >= 0.3 is 11.8 Å². The lowest BCUT2D eigenvalue weighted by Gasteiger charge is -2.42. The zero-order valence-electron chi connectivity index (χ0n) is 42.5. The van der Waals surface area contributed by atoms with Gasteiger partial charge in [-0.3, -0.25) is 29.1 Å². The first-order valence-electron chi connectivity index (χ1n) is 23.9. The summed E-state index contributed by atoms with van der Waals surface area (Å²) in [5.41, 5.74) is 1.25. The highest BCUT2D eigenvalue weighted by Crippen LogP contribution is 2.55. The van der Waals surface area contributed by atoms with Crippen molar-refractivity contribution in [2.75, 3.05) is 30.8 Å². The molecule has 0 aliphatic carbocycles. The molecule has 4 aliphatic rings. The molecular formula is C53H69N5O13. The summed E-state index contributed by atoms with van der Waals surface area (Å²) in [5.74, 6) is -8.81. The van der Waals surface area contributed by atoms with E-state index in [0.29, 0.717) is 25.3 Å². The number of anilines is 2. The number of amides is 2. The molecule has 7 N–H and O–H groups in total. The first-order chi connectivity index (χ1) is 33.4. The lowest BCUT2D eigenvalue weighted by Crippen LogP contribution is -2.54. The van der Waals surface area contributed by atoms with E-state index in [1.165, 1.54) is 66.4 Å². The Morgan fingerprint density at radius 2 is 1.55 bits per heavy atom. The van der Waals surface area contributed by atoms with E-state index in [2.05, 4.69) is 15.5 Å². The van der Waals surface area contributed by atoms with Gasteiger partial charge in [0.25, 0.3) is 11.7 Å². The third-order valence-electron chi connectivity index (χ3n) is 14.0. The Morgan fingerprint density at radius 3 is 2.15 bits per heavy atom. The topological polar surface area (TPSA) is 249 Å². The van der Waals surface area contributed by atoms with Crippen LogP contribution in [-0.2, 0) is 35.1 Å². The summed E-state index contributed by atoms with van der Waals surface area (Å²) in [4.78, 5) is 54.9. The number of phenolic OH excluding ortho intramolecular Hbond substituents is 3. The molecule has 1 saturated heterocycles. The molecule has 5 bridgehead atoms. The number of hydrogen-bond acceptors (Lipinski definition) is 16. The maximum Gasteiger partial charge on any atom is 0.312 e. The Hall–Kier alpha value is -6.47. The number of ether oxygens (including phenoxy) is 4. The molecule has 3 aromatic rings. The van der Waals surface area contributed by atoms with E-state index in [1.54, 1.807) is 39.8 Å². The summed E-state index contributed by atoms with van der Waals surface area (Å²) < 4.78 is 23.8. The number of Topliss-reactive ketones (excluding diaryl/α,β-unsaturated/α-hetero) is 1. The average Bonchev–Trinajstić information content (AvgIpc) is 3.58. The standard InChI is InChI=1S/C53H69N5O13/c1-26-14-13-15-27(2)52(67)56-43-38(22-54-58-28(3)23-57(24-29(58)4)25-36-16-18-37(19-17-36)55-34(9)59)47(64)40-41(48(43)65)46(63)33(8)50-42(40)51(66)53(11,71-50)69-21-20-39(68-12)30(5)49(70-35(10)60)32(7)45(62)31(6)44(26)61/h13-22,26,28-32,39,44-45,49,61-65H,23-25H2,1-12H3,(H,55,59)(H,56,67)/b14-13+,21-20+,27-15-,54-22+/t26-,28?,29?,30+,31+,32+,39-,44-,45+,49+,53-/m0/s1. The Morgan fingerprint density at radius 1 is 0.901 bits per heavy atom. The maximum atomic E-state index is 14.7. The third kappa shape index (κ3) is 11.2. The highest BCUT2D eigenvalue weighted by Gasteiger charge is 2.50. The van der Waals surface area contributed by atoms with Crippen LogP contribution in [0.2, 0.25) is 0 Å². The van der Waals surface area contributed by atoms with Crippen molar-refractivity contribution in [2.45, 2.75) is 125 Å². The number of phenols is 3. The number of carbonyl (C=O) groups is 4. The molecule has 0 radical (unpaired) electrons. The number of ketones is 1. The van der Waals surface area contributed by atoms with Gasteiger partial charge in [0, 0.05) is 93.4 Å². The number of nitrogens with zero attached hydrogens (tertiary/aromatic N) is 3. The van der Waals surface area contributed by atoms with Gasteiger partial charge in [-0.1, -0.05) is 58.1 Å². The Kier molecular flexibility index (Phi) is 16.6. The van der Waals surface area contributed by atoms with E-state index >= 15 is 0 Å². The second-order valence-electron chi connectivity index (χ2n) is 19.5. The molecule has 4 aliphatic heterocycles. The van der Waals surface area contributed by atoms with Gasteiger partial charge in [-0.25, -0.2) is 0 Å². The van der Waals surface area contributed by atoms with Crippen molar-refractivity contribution in [1.82, 2.24) is 9.91 Å². The van der Waals surface area contributed by atoms with Crippen molar-refractivity contribution in [3.8, 4) is 23.0 Å². The molecule has 18 heteroatoms. The minimum Gasteiger partial charge on any atom is -0.507 e. The number of fused-ring (bicyclic) bond motifs is 14. The van der Waals surface area contributed by atoms with Gasteiger partial charge in [0.05, 0.1) is 65.1 Å². The number of rotatable bonds is 7. The van der Waals surface area contributed by atoms with Crippen molar-refractivity contribution >= 4 is 51.9 Å². The SMILES string of the molecule is CO[C@H]1/C=C/O[C@@]2(C)Oc3c(C)c(O)c4c(O)c(c(/C=N/N5C(C)CN(Cc6ccc(NC(C)=O)cc6)CC5C)c(O)c4c3C2=O)NC(=O)/C(C)=C\C=C\[C@H](C)[C@H](O)[C@@H](C)[C@@H](O)[C@@H](C)[C@H](OC(C)=O)[C@@H]1C. The van der Waals surface area contributed by atoms with E-state index < -0.39 is 88.8 Å². The van der Waals surface area contributed by atoms with Gasteiger partial charge in [0.15, 0.2) is 5.75 Å². The van der Waals surface area contributed by atoms with Crippen LogP contribution >= 0.6 is 0 Å². The predicted octanol–water partition coefficient (Wildman–Crippen LogP) is 6.64. The molecule has 11 atom stereocenters. The van der Waals surface area contributed by atoms with E-state index in [9.17, 15) is 44.7 Å². The lowest BCUT2D eigenvalue weighted by atomic mass is 9.78. The number of benzene rings is 3. The minimum absolute atomic E-state index is 0.0344. The van der Waals surface area contributed by atoms with Crippen molar-refractivity contribution < 1.29 is 63.7 Å². The molecule has 18 nitrogen and oxygen atoms in total. The van der Waals surface area contributed by atoms with Crippen LogP contribution in [0.5, 0.6) is 23.0 Å². The molecule has 71 heavy (non-hydrogen) atoms. The number of hydrogen-bond donors (Lipinski definition) is 7. The van der Waals surface area contributed by atoms with Gasteiger partial charge < -0.3 is 55.1 Å². The normalized spacial score (nSPS) is 30.6. The minimum atomic E-state index is -2.09. The Bertz CT molecular complexity index is 2630. The van der Waals surface area contributed by atoms with Gasteiger partial charge in [0.1, 0.15) is 23.4 Å². The maximum absolute atomic E-state index is 14.7. The zero-order valence-corrected chi connectivity index (χ0v) is 42.5. The predicted molar refractivity (Wildman–Crippen MR) is 268 cm³/mol. The Balaban J connectivity index is 1.45. The largest absolute Gasteiger partial charge is 0.507 e. The fourth-order valence-electron chi connectivity index (χ4n) is 9.93. The van der Waals surface area contributed by atoms with Crippen molar-refractivity contribution in [1.29, 1.82) is 0 Å². The summed E-state index contributed by atoms with van der Waals surface area (Å²) in [5, 5.41) is 71.0. The number of hydrazone groups is 1. The molecule has 1 fully saturated rings. The molecule has 3 aromatic carbocycles. The highest BCUT2D eigenvalue weighted by molar-refractivity contribution is 6.24. The Labute approximate surface area is 414 Å². The summed E-state index contributed by atoms with van der Waals surface area (Å²) in [6.45, 7) is 19.8. The van der Waals surface area contributed by atoms with Crippen LogP contribution in [0, 0.1) is 30.6 Å². The van der Waals surface area contributed by atoms with Gasteiger partial charge in [0.2, 0.25) is 5.91 Å². The molecular weight excluding hydrogens is 915 g/mol. The number of esters is 1. The van der Waals surface area contributed by atoms with Gasteiger partial charge in [-0.2, -0.15) is 5.10 Å². The van der Waals surface area contributed by atoms with Crippen LogP contribution < -0.4 is 15.4 Å². The van der Waals surface area contributed by atoms with Crippen LogP contribution in [0.3, 0.4) is 0 Å². The van der Waals surface area contributed by atoms with Crippen LogP contribution in [0.4, 0.5) is 11.4 Å². The molecule has 0 aromatic heterocycles. The smallest absolute Gasteiger partial charge is 0.312 e. The summed E-state index contributed by atoms with van der Waals surface area (Å²) in [7, 11) is 1.43. The third-order valence-corrected chi connectivity index (χ3v) is 14.0. The highest BCUT2D eigenvalue weighted by atomic mass is 16.7. The number of aromatic hydroxyl groups is 3. The fraction of sp³-hybridized carbons (Fsp3) is 0.491. The van der Waals surface area contributed by atoms with Crippen LogP contribution in [0.15, 0.2) is 65.5 Å². The quantitative estimate of drug-likeness (QED) is 0.0567. The number of methoxy groups -OCH3 is 1. The number of nitrogens with one attached hydrogen (secondary N) is 2. The molecule has 7 rings (SSSR count). The molecule has 4 heterocycles. The molecule has 384 valence electrons. The van der Waals surface area contributed by atoms with Crippen LogP contribution in [0.1, 0.15) is 96.3 Å². The molecule has 0 spiro atoms. The molecule has 0 saturated carbocycles. The van der Waals surface area contributed by atoms with E-state index in [0.717, 1.165) is 5.56 Å². The van der Waals surface area contributed by atoms with Crippen LogP contribution in [0.25, 0.3) is 10.8 Å². The number of aliphatic hydroxyl groups excluding tert-OH is 2. The van der Waals surface area contributed by atoms with Crippen molar-refractivity contribution in [2.24, 2.45) is 28.8 Å². The summed E-state index contributed by atoms with van der Waals surface area (Å²) in [6, 6.07) is 7.28. The second kappa shape index (κ2) is 21.9. The lowest BCUT2D eigenvalue weighted by molar-refractivity contribution is -0.160. The number of allylic oxidation sites excluding steroid dienone is 2. The van der Waals surface area contributed by atoms with E-state index in [4.69, 9.17) is 24.0 Å². The molecule has 2 unspecified atom stereocenters. The van der Waals surface area contributed by atoms with E-state index in [-0.39, 0.29) is 62.5 Å². The monoisotopic (exact) mass is 983 g/mol.